The van der Waals surface area contributed by atoms with E-state index in [0.717, 1.165) is 23.8 Å². The zero-order chi connectivity index (χ0) is 10.7. The van der Waals surface area contributed by atoms with Crippen LogP contribution in [0.5, 0.6) is 0 Å². The Hall–Kier alpha value is -0.0400. The van der Waals surface area contributed by atoms with Crippen molar-refractivity contribution in [3.8, 4) is 0 Å². The van der Waals surface area contributed by atoms with Crippen molar-refractivity contribution in [2.24, 2.45) is 17.8 Å². The Labute approximate surface area is 95.0 Å². The SMILES string of the molecule is CCC1CCCCC1NCC(C)C1CC1. The molecule has 2 rings (SSSR count). The summed E-state index contributed by atoms with van der Waals surface area (Å²) in [5, 5.41) is 3.84. The van der Waals surface area contributed by atoms with E-state index in [9.17, 15) is 0 Å². The van der Waals surface area contributed by atoms with Crippen LogP contribution in [0.25, 0.3) is 0 Å². The molecule has 0 heterocycles. The normalized spacial score (nSPS) is 34.0. The van der Waals surface area contributed by atoms with E-state index in [1.807, 2.05) is 0 Å². The second-order valence-corrected chi connectivity index (χ2v) is 5.78. The van der Waals surface area contributed by atoms with Crippen LogP contribution in [0.1, 0.15) is 58.8 Å². The molecule has 1 N–H and O–H groups in total. The Morgan fingerprint density at radius 1 is 1.13 bits per heavy atom. The summed E-state index contributed by atoms with van der Waals surface area (Å²) in [5.41, 5.74) is 0. The Morgan fingerprint density at radius 3 is 2.53 bits per heavy atom. The molecule has 0 amide bonds. The second-order valence-electron chi connectivity index (χ2n) is 5.78. The summed E-state index contributed by atoms with van der Waals surface area (Å²) in [5.74, 6) is 2.94. The van der Waals surface area contributed by atoms with E-state index in [1.165, 1.54) is 51.5 Å². The quantitative estimate of drug-likeness (QED) is 0.729. The monoisotopic (exact) mass is 209 g/mol. The molecule has 2 aliphatic rings. The number of hydrogen-bond acceptors (Lipinski definition) is 1. The van der Waals surface area contributed by atoms with E-state index in [2.05, 4.69) is 19.2 Å². The van der Waals surface area contributed by atoms with Gasteiger partial charge in [0.15, 0.2) is 0 Å². The van der Waals surface area contributed by atoms with Gasteiger partial charge in [0, 0.05) is 6.04 Å². The molecule has 0 aliphatic heterocycles. The molecular weight excluding hydrogens is 182 g/mol. The molecule has 2 saturated carbocycles. The van der Waals surface area contributed by atoms with Crippen LogP contribution in [0.15, 0.2) is 0 Å². The largest absolute Gasteiger partial charge is 0.313 e. The van der Waals surface area contributed by atoms with Gasteiger partial charge in [0.25, 0.3) is 0 Å². The zero-order valence-electron chi connectivity index (χ0n) is 10.5. The molecule has 3 atom stereocenters. The van der Waals surface area contributed by atoms with Crippen molar-refractivity contribution in [3.63, 3.8) is 0 Å². The van der Waals surface area contributed by atoms with Crippen LogP contribution in [-0.2, 0) is 0 Å². The molecule has 0 spiro atoms. The van der Waals surface area contributed by atoms with Crippen LogP contribution in [0.4, 0.5) is 0 Å². The highest BCUT2D eigenvalue weighted by atomic mass is 14.9. The first-order valence-electron chi connectivity index (χ1n) is 7.04. The molecule has 0 bridgehead atoms. The second kappa shape index (κ2) is 5.34. The van der Waals surface area contributed by atoms with Crippen molar-refractivity contribution in [1.82, 2.24) is 5.32 Å². The molecule has 0 aromatic heterocycles. The third kappa shape index (κ3) is 3.21. The van der Waals surface area contributed by atoms with Gasteiger partial charge >= 0.3 is 0 Å². The summed E-state index contributed by atoms with van der Waals surface area (Å²) in [6, 6.07) is 0.838. The van der Waals surface area contributed by atoms with Crippen molar-refractivity contribution >= 4 is 0 Å². The van der Waals surface area contributed by atoms with Gasteiger partial charge in [-0.3, -0.25) is 0 Å². The van der Waals surface area contributed by atoms with E-state index in [-0.39, 0.29) is 0 Å². The maximum Gasteiger partial charge on any atom is 0.00953 e. The topological polar surface area (TPSA) is 12.0 Å². The van der Waals surface area contributed by atoms with E-state index >= 15 is 0 Å². The first kappa shape index (κ1) is 11.4. The van der Waals surface area contributed by atoms with Gasteiger partial charge in [-0.25, -0.2) is 0 Å². The predicted octanol–water partition coefficient (Wildman–Crippen LogP) is 3.59. The van der Waals surface area contributed by atoms with Gasteiger partial charge in [0.05, 0.1) is 0 Å². The van der Waals surface area contributed by atoms with Crippen LogP contribution >= 0.6 is 0 Å². The summed E-state index contributed by atoms with van der Waals surface area (Å²) >= 11 is 0. The maximum atomic E-state index is 3.84. The molecule has 0 aromatic rings. The minimum absolute atomic E-state index is 0.838. The minimum atomic E-state index is 0.838. The zero-order valence-corrected chi connectivity index (χ0v) is 10.5. The fraction of sp³-hybridized carbons (Fsp3) is 1.00. The molecule has 88 valence electrons. The van der Waals surface area contributed by atoms with Gasteiger partial charge in [0.1, 0.15) is 0 Å². The van der Waals surface area contributed by atoms with Gasteiger partial charge < -0.3 is 5.32 Å². The number of nitrogens with one attached hydrogen (secondary N) is 1. The highest BCUT2D eigenvalue weighted by molar-refractivity contribution is 4.84. The molecule has 0 radical (unpaired) electrons. The van der Waals surface area contributed by atoms with Crippen LogP contribution in [0.3, 0.4) is 0 Å². The molecule has 2 fully saturated rings. The summed E-state index contributed by atoms with van der Waals surface area (Å²) in [6.45, 7) is 6.05. The average Bonchev–Trinajstić information content (AvgIpc) is 3.10. The van der Waals surface area contributed by atoms with E-state index in [4.69, 9.17) is 0 Å². The molecular formula is C14H27N. The Balaban J connectivity index is 1.71. The molecule has 1 heteroatoms. The third-order valence-electron chi connectivity index (χ3n) is 4.56. The van der Waals surface area contributed by atoms with Crippen molar-refractivity contribution < 1.29 is 0 Å². The fourth-order valence-electron chi connectivity index (χ4n) is 3.13. The lowest BCUT2D eigenvalue weighted by Gasteiger charge is -2.32. The van der Waals surface area contributed by atoms with Crippen molar-refractivity contribution in [1.29, 1.82) is 0 Å². The summed E-state index contributed by atoms with van der Waals surface area (Å²) in [7, 11) is 0. The smallest absolute Gasteiger partial charge is 0.00953 e. The first-order valence-corrected chi connectivity index (χ1v) is 7.04. The van der Waals surface area contributed by atoms with Gasteiger partial charge in [0.2, 0.25) is 0 Å². The van der Waals surface area contributed by atoms with E-state index in [1.54, 1.807) is 0 Å². The van der Waals surface area contributed by atoms with Crippen LogP contribution in [-0.4, -0.2) is 12.6 Å². The van der Waals surface area contributed by atoms with Crippen molar-refractivity contribution in [3.05, 3.63) is 0 Å². The lowest BCUT2D eigenvalue weighted by molar-refractivity contribution is 0.244. The summed E-state index contributed by atoms with van der Waals surface area (Å²) in [4.78, 5) is 0. The van der Waals surface area contributed by atoms with Crippen LogP contribution < -0.4 is 5.32 Å². The van der Waals surface area contributed by atoms with Gasteiger partial charge in [-0.1, -0.05) is 33.1 Å². The molecule has 0 saturated heterocycles. The maximum absolute atomic E-state index is 3.84. The van der Waals surface area contributed by atoms with Crippen LogP contribution in [0, 0.1) is 17.8 Å². The minimum Gasteiger partial charge on any atom is -0.313 e. The Bertz CT molecular complexity index is 186. The van der Waals surface area contributed by atoms with Crippen molar-refractivity contribution in [2.45, 2.75) is 64.8 Å². The Kier molecular flexibility index (Phi) is 4.07. The highest BCUT2D eigenvalue weighted by Crippen LogP contribution is 2.36. The lowest BCUT2D eigenvalue weighted by Crippen LogP contribution is -2.40. The lowest BCUT2D eigenvalue weighted by atomic mass is 9.82. The molecule has 15 heavy (non-hydrogen) atoms. The molecule has 2 aliphatic carbocycles. The summed E-state index contributed by atoms with van der Waals surface area (Å²) < 4.78 is 0. The van der Waals surface area contributed by atoms with Gasteiger partial charge in [-0.15, -0.1) is 0 Å². The number of rotatable bonds is 5. The molecule has 0 aromatic carbocycles. The Morgan fingerprint density at radius 2 is 1.87 bits per heavy atom. The standard InChI is InChI=1S/C14H27N/c1-3-12-6-4-5-7-14(12)15-10-11(2)13-8-9-13/h11-15H,3-10H2,1-2H3. The van der Waals surface area contributed by atoms with Gasteiger partial charge in [-0.05, 0) is 50.0 Å². The fourth-order valence-corrected chi connectivity index (χ4v) is 3.13. The average molecular weight is 209 g/mol. The van der Waals surface area contributed by atoms with E-state index in [0.29, 0.717) is 0 Å². The third-order valence-corrected chi connectivity index (χ3v) is 4.56. The number of hydrogen-bond donors (Lipinski definition) is 1. The van der Waals surface area contributed by atoms with Gasteiger partial charge in [-0.2, -0.15) is 0 Å². The summed E-state index contributed by atoms with van der Waals surface area (Å²) in [6.07, 6.45) is 10.2. The van der Waals surface area contributed by atoms with Crippen LogP contribution in [0.2, 0.25) is 0 Å². The van der Waals surface area contributed by atoms with E-state index < -0.39 is 0 Å². The molecule has 3 unspecified atom stereocenters. The predicted molar refractivity (Wildman–Crippen MR) is 65.9 cm³/mol. The first-order chi connectivity index (χ1) is 7.31. The highest BCUT2D eigenvalue weighted by Gasteiger charge is 2.29. The van der Waals surface area contributed by atoms with Crippen molar-refractivity contribution in [2.75, 3.05) is 6.54 Å². The molecule has 1 nitrogen and oxygen atoms in total.